The number of hydrogen-bond acceptors (Lipinski definition) is 0. The van der Waals surface area contributed by atoms with Gasteiger partial charge in [0.15, 0.2) is 0 Å². The molecule has 1 nitrogen and oxygen atoms in total. The van der Waals surface area contributed by atoms with Crippen molar-refractivity contribution in [2.24, 2.45) is 0 Å². The summed E-state index contributed by atoms with van der Waals surface area (Å²) in [6, 6.07) is 0. The lowest BCUT2D eigenvalue weighted by Crippen LogP contribution is -3.00. The summed E-state index contributed by atoms with van der Waals surface area (Å²) >= 11 is 0. The Morgan fingerprint density at radius 3 is 1.00 bits per heavy atom. The van der Waals surface area contributed by atoms with Gasteiger partial charge in [-0.1, -0.05) is 66.2 Å². The molecule has 2 heteroatoms. The number of quaternary nitrogens is 1. The minimum absolute atomic E-state index is 0. The normalized spacial score (nSPS) is 11.5. The van der Waals surface area contributed by atoms with Crippen LogP contribution in [0.5, 0.6) is 0 Å². The van der Waals surface area contributed by atoms with Gasteiger partial charge in [0.05, 0.1) is 26.2 Å². The summed E-state index contributed by atoms with van der Waals surface area (Å²) in [6.45, 7) is 15.1. The van der Waals surface area contributed by atoms with Crippen molar-refractivity contribution >= 4 is 0 Å². The molecular weight excluding hydrogens is 346 g/mol. The van der Waals surface area contributed by atoms with Gasteiger partial charge in [-0.15, -0.1) is 0 Å². The SMILES string of the molecule is CCCCCC[N+](CCC)(CCCCCC)CCCCCC.[Br-]. The van der Waals surface area contributed by atoms with E-state index in [0.29, 0.717) is 0 Å². The smallest absolute Gasteiger partial charge is 0.0786 e. The first-order chi connectivity index (χ1) is 10.7. The highest BCUT2D eigenvalue weighted by Gasteiger charge is 2.24. The molecule has 0 rings (SSSR count). The molecule has 23 heavy (non-hydrogen) atoms. The highest BCUT2D eigenvalue weighted by molar-refractivity contribution is 4.51. The lowest BCUT2D eigenvalue weighted by atomic mass is 10.1. The van der Waals surface area contributed by atoms with Gasteiger partial charge in [0, 0.05) is 0 Å². The number of hydrogen-bond donors (Lipinski definition) is 0. The molecule has 0 aromatic rings. The molecule has 0 amide bonds. The molecule has 142 valence electrons. The third-order valence-corrected chi connectivity index (χ3v) is 5.16. The molecule has 0 N–H and O–H groups in total. The summed E-state index contributed by atoms with van der Waals surface area (Å²) in [5.74, 6) is 0. The quantitative estimate of drug-likeness (QED) is 0.260. The van der Waals surface area contributed by atoms with Gasteiger partial charge in [-0.2, -0.15) is 0 Å². The summed E-state index contributed by atoms with van der Waals surface area (Å²) in [5.41, 5.74) is 0. The van der Waals surface area contributed by atoms with Gasteiger partial charge < -0.3 is 21.5 Å². The summed E-state index contributed by atoms with van der Waals surface area (Å²) < 4.78 is 1.44. The number of halogens is 1. The van der Waals surface area contributed by atoms with Gasteiger partial charge in [-0.05, 0) is 44.9 Å². The highest BCUT2D eigenvalue weighted by Crippen LogP contribution is 2.18. The number of rotatable bonds is 17. The Bertz CT molecular complexity index is 187. The van der Waals surface area contributed by atoms with Crippen molar-refractivity contribution in [2.45, 2.75) is 111 Å². The maximum atomic E-state index is 2.39. The lowest BCUT2D eigenvalue weighted by Gasteiger charge is -2.39. The van der Waals surface area contributed by atoms with Crippen molar-refractivity contribution < 1.29 is 21.5 Å². The lowest BCUT2D eigenvalue weighted by molar-refractivity contribution is -0.929. The Hall–Kier alpha value is 0.440. The second-order valence-electron chi connectivity index (χ2n) is 7.42. The van der Waals surface area contributed by atoms with E-state index in [1.54, 1.807) is 0 Å². The fourth-order valence-corrected chi connectivity index (χ4v) is 3.77. The molecule has 0 aromatic heterocycles. The highest BCUT2D eigenvalue weighted by atomic mass is 79.9. The zero-order valence-electron chi connectivity index (χ0n) is 16.8. The molecule has 0 heterocycles. The van der Waals surface area contributed by atoms with Crippen molar-refractivity contribution in [1.29, 1.82) is 0 Å². The van der Waals surface area contributed by atoms with Gasteiger partial charge in [0.1, 0.15) is 0 Å². The molecule has 0 aliphatic heterocycles. The van der Waals surface area contributed by atoms with Crippen LogP contribution in [0.1, 0.15) is 111 Å². The van der Waals surface area contributed by atoms with E-state index < -0.39 is 0 Å². The minimum Gasteiger partial charge on any atom is -1.00 e. The predicted molar refractivity (Wildman–Crippen MR) is 102 cm³/mol. The Balaban J connectivity index is 0. The number of nitrogens with zero attached hydrogens (tertiary/aromatic N) is 1. The van der Waals surface area contributed by atoms with Crippen LogP contribution in [0.4, 0.5) is 0 Å². The Kier molecular flexibility index (Phi) is 21.0. The van der Waals surface area contributed by atoms with Crippen molar-refractivity contribution in [2.75, 3.05) is 26.2 Å². The molecule has 0 aromatic carbocycles. The fourth-order valence-electron chi connectivity index (χ4n) is 3.77. The Morgan fingerprint density at radius 1 is 0.391 bits per heavy atom. The van der Waals surface area contributed by atoms with E-state index in [2.05, 4.69) is 27.7 Å². The van der Waals surface area contributed by atoms with Gasteiger partial charge in [-0.25, -0.2) is 0 Å². The summed E-state index contributed by atoms with van der Waals surface area (Å²) in [6.07, 6.45) is 18.4. The first-order valence-electron chi connectivity index (χ1n) is 10.6. The molecule has 0 unspecified atom stereocenters. The Morgan fingerprint density at radius 2 is 0.739 bits per heavy atom. The third-order valence-electron chi connectivity index (χ3n) is 5.16. The van der Waals surface area contributed by atoms with E-state index in [1.165, 1.54) is 114 Å². The molecule has 0 atom stereocenters. The van der Waals surface area contributed by atoms with Crippen molar-refractivity contribution in [3.8, 4) is 0 Å². The largest absolute Gasteiger partial charge is 1.00 e. The maximum Gasteiger partial charge on any atom is 0.0786 e. The summed E-state index contributed by atoms with van der Waals surface area (Å²) in [4.78, 5) is 0. The van der Waals surface area contributed by atoms with E-state index in [4.69, 9.17) is 0 Å². The van der Waals surface area contributed by atoms with Crippen LogP contribution in [0.15, 0.2) is 0 Å². The molecule has 0 aliphatic carbocycles. The molecule has 0 fully saturated rings. The van der Waals surface area contributed by atoms with Gasteiger partial charge >= 0.3 is 0 Å². The molecule has 0 radical (unpaired) electrons. The first-order valence-corrected chi connectivity index (χ1v) is 10.6. The zero-order valence-corrected chi connectivity index (χ0v) is 18.4. The average Bonchev–Trinajstić information content (AvgIpc) is 2.53. The maximum absolute atomic E-state index is 2.39. The van der Waals surface area contributed by atoms with Crippen LogP contribution < -0.4 is 17.0 Å². The second kappa shape index (κ2) is 18.8. The van der Waals surface area contributed by atoms with Crippen LogP contribution in [-0.4, -0.2) is 30.7 Å². The first kappa shape index (κ1) is 25.7. The van der Waals surface area contributed by atoms with Crippen LogP contribution in [0.2, 0.25) is 0 Å². The van der Waals surface area contributed by atoms with Crippen molar-refractivity contribution in [3.63, 3.8) is 0 Å². The van der Waals surface area contributed by atoms with Gasteiger partial charge in [0.25, 0.3) is 0 Å². The molecule has 0 saturated carbocycles. The van der Waals surface area contributed by atoms with Gasteiger partial charge in [-0.3, -0.25) is 0 Å². The molecule has 0 saturated heterocycles. The van der Waals surface area contributed by atoms with Crippen LogP contribution in [0.3, 0.4) is 0 Å². The monoisotopic (exact) mass is 391 g/mol. The van der Waals surface area contributed by atoms with Gasteiger partial charge in [0.2, 0.25) is 0 Å². The molecule has 0 bridgehead atoms. The number of unbranched alkanes of at least 4 members (excludes halogenated alkanes) is 9. The van der Waals surface area contributed by atoms with Crippen LogP contribution in [-0.2, 0) is 0 Å². The fraction of sp³-hybridized carbons (Fsp3) is 1.00. The van der Waals surface area contributed by atoms with Crippen molar-refractivity contribution in [1.82, 2.24) is 0 Å². The molecule has 0 aliphatic rings. The van der Waals surface area contributed by atoms with Crippen LogP contribution in [0, 0.1) is 0 Å². The van der Waals surface area contributed by atoms with E-state index in [-0.39, 0.29) is 17.0 Å². The van der Waals surface area contributed by atoms with E-state index in [0.717, 1.165) is 0 Å². The minimum atomic E-state index is 0. The van der Waals surface area contributed by atoms with E-state index >= 15 is 0 Å². The van der Waals surface area contributed by atoms with Crippen LogP contribution >= 0.6 is 0 Å². The molecule has 0 spiro atoms. The van der Waals surface area contributed by atoms with Crippen molar-refractivity contribution in [3.05, 3.63) is 0 Å². The molecular formula is C21H46BrN. The summed E-state index contributed by atoms with van der Waals surface area (Å²) in [5, 5.41) is 0. The standard InChI is InChI=1S/C21H46N.BrH/c1-5-9-12-15-19-22(18-8-4,20-16-13-10-6-2)21-17-14-11-7-3;/h5-21H2,1-4H3;1H/q+1;/p-1. The Labute approximate surface area is 159 Å². The van der Waals surface area contributed by atoms with E-state index in [1.807, 2.05) is 0 Å². The topological polar surface area (TPSA) is 0 Å². The summed E-state index contributed by atoms with van der Waals surface area (Å²) in [7, 11) is 0. The van der Waals surface area contributed by atoms with E-state index in [9.17, 15) is 0 Å². The third kappa shape index (κ3) is 14.5. The second-order valence-corrected chi connectivity index (χ2v) is 7.42. The van der Waals surface area contributed by atoms with Crippen LogP contribution in [0.25, 0.3) is 0 Å². The zero-order chi connectivity index (χ0) is 16.5. The predicted octanol–water partition coefficient (Wildman–Crippen LogP) is 3.96. The average molecular weight is 393 g/mol.